The van der Waals surface area contributed by atoms with E-state index in [0.29, 0.717) is 12.8 Å². The summed E-state index contributed by atoms with van der Waals surface area (Å²) in [5.41, 5.74) is 0.935. The minimum absolute atomic E-state index is 0.0710. The van der Waals surface area contributed by atoms with Gasteiger partial charge in [0.25, 0.3) is 0 Å². The molecule has 0 saturated heterocycles. The van der Waals surface area contributed by atoms with Crippen LogP contribution in [0.5, 0.6) is 0 Å². The summed E-state index contributed by atoms with van der Waals surface area (Å²) in [5.74, 6) is -0.578. The first kappa shape index (κ1) is 17.7. The van der Waals surface area contributed by atoms with Gasteiger partial charge in [-0.15, -0.1) is 0 Å². The molecule has 0 aliphatic heterocycles. The number of aliphatic hydroxyl groups excluding tert-OH is 3. The molecule has 1 fully saturated rings. The summed E-state index contributed by atoms with van der Waals surface area (Å²) < 4.78 is 0. The number of hydrogen-bond donors (Lipinski definition) is 4. The lowest BCUT2D eigenvalue weighted by Crippen LogP contribution is -2.44. The lowest BCUT2D eigenvalue weighted by atomic mass is 9.95. The van der Waals surface area contributed by atoms with Crippen LogP contribution in [0.3, 0.4) is 0 Å². The predicted octanol–water partition coefficient (Wildman–Crippen LogP) is 0.945. The van der Waals surface area contributed by atoms with Gasteiger partial charge in [-0.1, -0.05) is 37.3 Å². The summed E-state index contributed by atoms with van der Waals surface area (Å²) >= 11 is 0. The van der Waals surface area contributed by atoms with Crippen molar-refractivity contribution < 1.29 is 20.1 Å². The van der Waals surface area contributed by atoms with E-state index in [9.17, 15) is 20.1 Å². The molecule has 1 aliphatic carbocycles. The van der Waals surface area contributed by atoms with Gasteiger partial charge in [-0.3, -0.25) is 4.79 Å². The molecule has 0 spiro atoms. The van der Waals surface area contributed by atoms with Crippen molar-refractivity contribution in [1.82, 2.24) is 5.32 Å². The second-order valence-electron chi connectivity index (χ2n) is 6.28. The monoisotopic (exact) mass is 319 g/mol. The van der Waals surface area contributed by atoms with E-state index in [-0.39, 0.29) is 24.3 Å². The Morgan fingerprint density at radius 2 is 1.83 bits per heavy atom. The Bertz CT molecular complexity index is 531. The third kappa shape index (κ3) is 4.89. The maximum absolute atomic E-state index is 11.9. The Kier molecular flexibility index (Phi) is 6.33. The molecule has 1 aromatic rings. The normalized spacial score (nSPS) is 31.7. The molecule has 1 saturated carbocycles. The van der Waals surface area contributed by atoms with Gasteiger partial charge < -0.3 is 20.6 Å². The molecule has 1 amide bonds. The molecule has 0 bridgehead atoms. The van der Waals surface area contributed by atoms with E-state index in [0.717, 1.165) is 5.56 Å². The van der Waals surface area contributed by atoms with Crippen LogP contribution in [0.25, 0.3) is 6.08 Å². The molecule has 4 N–H and O–H groups in total. The van der Waals surface area contributed by atoms with Crippen molar-refractivity contribution in [2.75, 3.05) is 6.54 Å². The van der Waals surface area contributed by atoms with E-state index in [2.05, 4.69) is 5.32 Å². The Hall–Kier alpha value is -1.69. The van der Waals surface area contributed by atoms with Crippen LogP contribution in [-0.2, 0) is 4.79 Å². The first-order chi connectivity index (χ1) is 11.0. The van der Waals surface area contributed by atoms with E-state index in [1.807, 2.05) is 37.3 Å². The topological polar surface area (TPSA) is 89.8 Å². The second kappa shape index (κ2) is 8.24. The van der Waals surface area contributed by atoms with Crippen LogP contribution in [0, 0.1) is 11.8 Å². The van der Waals surface area contributed by atoms with Gasteiger partial charge in [-0.05, 0) is 30.4 Å². The first-order valence-corrected chi connectivity index (χ1v) is 8.04. The number of rotatable bonds is 4. The lowest BCUT2D eigenvalue weighted by molar-refractivity contribution is -0.117. The van der Waals surface area contributed by atoms with Gasteiger partial charge >= 0.3 is 0 Å². The summed E-state index contributed by atoms with van der Waals surface area (Å²) in [7, 11) is 0. The molecule has 1 aromatic carbocycles. The standard InChI is InChI=1S/C18H25NO4/c1-12-7-9-14(17(22)18(23)16(12)21)11-19-15(20)10-8-13-5-3-2-4-6-13/h2-6,8,10,12,14,16-18,21-23H,7,9,11H2,1H3,(H,19,20)/b10-8+. The number of carbonyl (C=O) groups excluding carboxylic acids is 1. The molecule has 5 nitrogen and oxygen atoms in total. The number of benzene rings is 1. The molecule has 5 heteroatoms. The van der Waals surface area contributed by atoms with Gasteiger partial charge in [-0.25, -0.2) is 0 Å². The van der Waals surface area contributed by atoms with Gasteiger partial charge in [0, 0.05) is 18.5 Å². The average molecular weight is 319 g/mol. The molecule has 1 aliphatic rings. The zero-order valence-electron chi connectivity index (χ0n) is 13.3. The van der Waals surface area contributed by atoms with E-state index >= 15 is 0 Å². The highest BCUT2D eigenvalue weighted by Gasteiger charge is 2.37. The third-order valence-electron chi connectivity index (χ3n) is 4.52. The Balaban J connectivity index is 1.87. The maximum atomic E-state index is 11.9. The van der Waals surface area contributed by atoms with Crippen molar-refractivity contribution in [1.29, 1.82) is 0 Å². The number of aliphatic hydroxyl groups is 3. The highest BCUT2D eigenvalue weighted by atomic mass is 16.4. The zero-order valence-corrected chi connectivity index (χ0v) is 13.3. The summed E-state index contributed by atoms with van der Waals surface area (Å²) in [6, 6.07) is 9.50. The van der Waals surface area contributed by atoms with E-state index in [1.54, 1.807) is 6.08 Å². The molecule has 0 aromatic heterocycles. The number of carbonyl (C=O) groups is 1. The summed E-state index contributed by atoms with van der Waals surface area (Å²) in [4.78, 5) is 11.9. The number of amides is 1. The average Bonchev–Trinajstić information content (AvgIpc) is 2.66. The van der Waals surface area contributed by atoms with E-state index in [1.165, 1.54) is 6.08 Å². The van der Waals surface area contributed by atoms with Crippen LogP contribution in [0.4, 0.5) is 0 Å². The van der Waals surface area contributed by atoms with Crippen molar-refractivity contribution in [3.05, 3.63) is 42.0 Å². The Morgan fingerprint density at radius 3 is 2.52 bits per heavy atom. The summed E-state index contributed by atoms with van der Waals surface area (Å²) in [6.45, 7) is 2.12. The Morgan fingerprint density at radius 1 is 1.13 bits per heavy atom. The highest BCUT2D eigenvalue weighted by Crippen LogP contribution is 2.27. The van der Waals surface area contributed by atoms with E-state index in [4.69, 9.17) is 0 Å². The van der Waals surface area contributed by atoms with Crippen molar-refractivity contribution in [3.63, 3.8) is 0 Å². The molecule has 23 heavy (non-hydrogen) atoms. The van der Waals surface area contributed by atoms with Gasteiger partial charge in [0.2, 0.25) is 5.91 Å². The zero-order chi connectivity index (χ0) is 16.8. The van der Waals surface area contributed by atoms with Gasteiger partial charge in [0.1, 0.15) is 6.10 Å². The minimum atomic E-state index is -1.17. The largest absolute Gasteiger partial charge is 0.390 e. The smallest absolute Gasteiger partial charge is 0.244 e. The van der Waals surface area contributed by atoms with Crippen molar-refractivity contribution in [2.24, 2.45) is 11.8 Å². The summed E-state index contributed by atoms with van der Waals surface area (Å²) in [6.07, 6.45) is 1.40. The van der Waals surface area contributed by atoms with Crippen LogP contribution in [0.15, 0.2) is 36.4 Å². The molecule has 126 valence electrons. The minimum Gasteiger partial charge on any atom is -0.390 e. The van der Waals surface area contributed by atoms with Gasteiger partial charge in [-0.2, -0.15) is 0 Å². The van der Waals surface area contributed by atoms with Crippen LogP contribution in [-0.4, -0.2) is 46.1 Å². The second-order valence-corrected chi connectivity index (χ2v) is 6.28. The van der Waals surface area contributed by atoms with Gasteiger partial charge in [0.15, 0.2) is 0 Å². The Labute approximate surface area is 136 Å². The predicted molar refractivity (Wildman–Crippen MR) is 88.4 cm³/mol. The fourth-order valence-corrected chi connectivity index (χ4v) is 2.89. The molecule has 2 rings (SSSR count). The highest BCUT2D eigenvalue weighted by molar-refractivity contribution is 5.91. The molecule has 0 radical (unpaired) electrons. The van der Waals surface area contributed by atoms with E-state index < -0.39 is 18.3 Å². The maximum Gasteiger partial charge on any atom is 0.244 e. The van der Waals surface area contributed by atoms with Crippen molar-refractivity contribution in [3.8, 4) is 0 Å². The molecule has 5 atom stereocenters. The van der Waals surface area contributed by atoms with Crippen LogP contribution >= 0.6 is 0 Å². The first-order valence-electron chi connectivity index (χ1n) is 8.04. The summed E-state index contributed by atoms with van der Waals surface area (Å²) in [5, 5.41) is 32.8. The van der Waals surface area contributed by atoms with Crippen molar-refractivity contribution in [2.45, 2.75) is 38.1 Å². The van der Waals surface area contributed by atoms with Crippen LogP contribution in [0.2, 0.25) is 0 Å². The van der Waals surface area contributed by atoms with Crippen LogP contribution in [0.1, 0.15) is 25.3 Å². The molecular weight excluding hydrogens is 294 g/mol. The molecule has 0 heterocycles. The fraction of sp³-hybridized carbons (Fsp3) is 0.500. The quantitative estimate of drug-likeness (QED) is 0.491. The van der Waals surface area contributed by atoms with Crippen molar-refractivity contribution >= 4 is 12.0 Å². The number of nitrogens with one attached hydrogen (secondary N) is 1. The molecular formula is C18H25NO4. The number of hydrogen-bond acceptors (Lipinski definition) is 4. The third-order valence-corrected chi connectivity index (χ3v) is 4.52. The SMILES string of the molecule is CC1CCC(CNC(=O)/C=C/c2ccccc2)C(O)C(O)C1O. The molecule has 5 unspecified atom stereocenters. The lowest BCUT2D eigenvalue weighted by Gasteiger charge is -2.26. The van der Waals surface area contributed by atoms with Crippen LogP contribution < -0.4 is 5.32 Å². The fourth-order valence-electron chi connectivity index (χ4n) is 2.89. The van der Waals surface area contributed by atoms with Gasteiger partial charge in [0.05, 0.1) is 12.2 Å².